The largest absolute Gasteiger partial charge is 0.0980 e. The minimum atomic E-state index is 0.663. The molecule has 0 aliphatic heterocycles. The van der Waals surface area contributed by atoms with E-state index in [9.17, 15) is 0 Å². The van der Waals surface area contributed by atoms with Crippen molar-refractivity contribution < 1.29 is 0 Å². The average Bonchev–Trinajstić information content (AvgIpc) is 2.52. The highest BCUT2D eigenvalue weighted by molar-refractivity contribution is 5.42. The Hall–Kier alpha value is -0.960. The summed E-state index contributed by atoms with van der Waals surface area (Å²) in [6, 6.07) is 0. The minimum absolute atomic E-state index is 0.663. The van der Waals surface area contributed by atoms with Gasteiger partial charge in [0.25, 0.3) is 0 Å². The van der Waals surface area contributed by atoms with Gasteiger partial charge >= 0.3 is 0 Å². The SMILES string of the molecule is CC(C)CC#CC1=CC=C(C(C)C)C1. The lowest BCUT2D eigenvalue weighted by atomic mass is 10.0. The first-order valence-corrected chi connectivity index (χ1v) is 5.48. The van der Waals surface area contributed by atoms with E-state index in [4.69, 9.17) is 0 Å². The summed E-state index contributed by atoms with van der Waals surface area (Å²) in [4.78, 5) is 0. The van der Waals surface area contributed by atoms with Gasteiger partial charge in [-0.1, -0.05) is 57.3 Å². The molecule has 0 amide bonds. The fourth-order valence-corrected chi connectivity index (χ4v) is 1.40. The molecule has 0 spiro atoms. The number of rotatable bonds is 2. The predicted molar refractivity (Wildman–Crippen MR) is 62.9 cm³/mol. The zero-order valence-electron chi connectivity index (χ0n) is 9.72. The molecule has 0 aromatic carbocycles. The second-order valence-electron chi connectivity index (χ2n) is 4.66. The number of allylic oxidation sites excluding steroid dienone is 4. The molecule has 0 saturated carbocycles. The van der Waals surface area contributed by atoms with Crippen LogP contribution in [-0.4, -0.2) is 0 Å². The van der Waals surface area contributed by atoms with Crippen LogP contribution < -0.4 is 0 Å². The molecule has 0 atom stereocenters. The highest BCUT2D eigenvalue weighted by Gasteiger charge is 2.09. The number of hydrogen-bond acceptors (Lipinski definition) is 0. The van der Waals surface area contributed by atoms with Crippen molar-refractivity contribution in [1.82, 2.24) is 0 Å². The van der Waals surface area contributed by atoms with Crippen LogP contribution in [0, 0.1) is 23.7 Å². The van der Waals surface area contributed by atoms with Crippen molar-refractivity contribution in [3.63, 3.8) is 0 Å². The van der Waals surface area contributed by atoms with Crippen LogP contribution in [0.5, 0.6) is 0 Å². The summed E-state index contributed by atoms with van der Waals surface area (Å²) < 4.78 is 0. The van der Waals surface area contributed by atoms with Gasteiger partial charge in [0.2, 0.25) is 0 Å². The molecule has 0 saturated heterocycles. The Bertz CT molecular complexity index is 303. The van der Waals surface area contributed by atoms with Gasteiger partial charge in [0, 0.05) is 18.4 Å². The van der Waals surface area contributed by atoms with E-state index in [0.717, 1.165) is 12.8 Å². The predicted octanol–water partition coefficient (Wildman–Crippen LogP) is 3.95. The van der Waals surface area contributed by atoms with Crippen molar-refractivity contribution >= 4 is 0 Å². The Kier molecular flexibility index (Phi) is 4.01. The molecule has 1 aliphatic rings. The van der Waals surface area contributed by atoms with Crippen molar-refractivity contribution in [2.45, 2.75) is 40.5 Å². The Balaban J connectivity index is 2.41. The second-order valence-corrected chi connectivity index (χ2v) is 4.66. The minimum Gasteiger partial charge on any atom is -0.0980 e. The summed E-state index contributed by atoms with van der Waals surface area (Å²) in [5.74, 6) is 7.84. The third kappa shape index (κ3) is 3.42. The molecule has 0 bridgehead atoms. The van der Waals surface area contributed by atoms with Gasteiger partial charge in [0.05, 0.1) is 0 Å². The molecule has 0 heteroatoms. The lowest BCUT2D eigenvalue weighted by Crippen LogP contribution is -1.91. The maximum absolute atomic E-state index is 3.26. The van der Waals surface area contributed by atoms with Crippen LogP contribution in [0.4, 0.5) is 0 Å². The quantitative estimate of drug-likeness (QED) is 0.576. The third-order valence-corrected chi connectivity index (χ3v) is 2.39. The summed E-state index contributed by atoms with van der Waals surface area (Å²) in [5.41, 5.74) is 2.80. The molecule has 76 valence electrons. The summed E-state index contributed by atoms with van der Waals surface area (Å²) >= 11 is 0. The van der Waals surface area contributed by atoms with E-state index >= 15 is 0 Å². The molecule has 0 N–H and O–H groups in total. The van der Waals surface area contributed by atoms with E-state index in [-0.39, 0.29) is 0 Å². The standard InChI is InChI=1S/C14H20/c1-11(2)6-5-7-13-8-9-14(10-13)12(3)4/h8-9,11-12H,6,10H2,1-4H3. The topological polar surface area (TPSA) is 0 Å². The maximum Gasteiger partial charge on any atom is 0.0115 e. The fraction of sp³-hybridized carbons (Fsp3) is 0.571. The maximum atomic E-state index is 3.26. The second kappa shape index (κ2) is 5.05. The molecular weight excluding hydrogens is 168 g/mol. The first kappa shape index (κ1) is 11.1. The Morgan fingerprint density at radius 2 is 1.93 bits per heavy atom. The lowest BCUT2D eigenvalue weighted by Gasteiger charge is -2.04. The van der Waals surface area contributed by atoms with E-state index in [1.54, 1.807) is 0 Å². The first-order chi connectivity index (χ1) is 6.59. The van der Waals surface area contributed by atoms with Crippen LogP contribution in [0.2, 0.25) is 0 Å². The normalized spacial score (nSPS) is 15.3. The van der Waals surface area contributed by atoms with Crippen LogP contribution in [0.15, 0.2) is 23.3 Å². The van der Waals surface area contributed by atoms with Crippen molar-refractivity contribution in [1.29, 1.82) is 0 Å². The van der Waals surface area contributed by atoms with Crippen LogP contribution in [0.3, 0.4) is 0 Å². The summed E-state index contributed by atoms with van der Waals surface area (Å²) in [7, 11) is 0. The Labute approximate surface area is 88.1 Å². The summed E-state index contributed by atoms with van der Waals surface area (Å²) in [6.45, 7) is 8.89. The van der Waals surface area contributed by atoms with Crippen molar-refractivity contribution in [2.24, 2.45) is 11.8 Å². The van der Waals surface area contributed by atoms with Gasteiger partial charge in [-0.05, 0) is 11.8 Å². The van der Waals surface area contributed by atoms with E-state index in [0.29, 0.717) is 11.8 Å². The molecule has 0 radical (unpaired) electrons. The van der Waals surface area contributed by atoms with Crippen LogP contribution in [0.25, 0.3) is 0 Å². The molecular formula is C14H20. The highest BCUT2D eigenvalue weighted by atomic mass is 14.1. The van der Waals surface area contributed by atoms with Gasteiger partial charge in [-0.3, -0.25) is 0 Å². The monoisotopic (exact) mass is 188 g/mol. The first-order valence-electron chi connectivity index (χ1n) is 5.48. The molecule has 0 nitrogen and oxygen atoms in total. The van der Waals surface area contributed by atoms with Gasteiger partial charge in [-0.2, -0.15) is 0 Å². The smallest absolute Gasteiger partial charge is 0.0115 e. The zero-order chi connectivity index (χ0) is 10.6. The van der Waals surface area contributed by atoms with E-state index < -0.39 is 0 Å². The van der Waals surface area contributed by atoms with Crippen LogP contribution in [0.1, 0.15) is 40.5 Å². The van der Waals surface area contributed by atoms with Gasteiger partial charge in [0.1, 0.15) is 0 Å². The molecule has 0 aromatic rings. The molecule has 1 aliphatic carbocycles. The average molecular weight is 188 g/mol. The van der Waals surface area contributed by atoms with Crippen LogP contribution >= 0.6 is 0 Å². The molecule has 0 aromatic heterocycles. The van der Waals surface area contributed by atoms with E-state index in [2.05, 4.69) is 51.7 Å². The van der Waals surface area contributed by atoms with E-state index in [1.807, 2.05) is 0 Å². The molecule has 0 fully saturated rings. The van der Waals surface area contributed by atoms with E-state index in [1.165, 1.54) is 11.1 Å². The molecule has 0 heterocycles. The highest BCUT2D eigenvalue weighted by Crippen LogP contribution is 2.24. The fourth-order valence-electron chi connectivity index (χ4n) is 1.40. The third-order valence-electron chi connectivity index (χ3n) is 2.39. The number of hydrogen-bond donors (Lipinski definition) is 0. The van der Waals surface area contributed by atoms with Gasteiger partial charge in [-0.15, -0.1) is 0 Å². The van der Waals surface area contributed by atoms with Gasteiger partial charge < -0.3 is 0 Å². The molecule has 0 unspecified atom stereocenters. The Morgan fingerprint density at radius 1 is 1.21 bits per heavy atom. The van der Waals surface area contributed by atoms with Gasteiger partial charge in [0.15, 0.2) is 0 Å². The molecule has 14 heavy (non-hydrogen) atoms. The lowest BCUT2D eigenvalue weighted by molar-refractivity contribution is 0.676. The summed E-state index contributed by atoms with van der Waals surface area (Å²) in [5, 5.41) is 0. The molecule has 1 rings (SSSR count). The van der Waals surface area contributed by atoms with Crippen LogP contribution in [-0.2, 0) is 0 Å². The zero-order valence-corrected chi connectivity index (χ0v) is 9.72. The van der Waals surface area contributed by atoms with Gasteiger partial charge in [-0.25, -0.2) is 0 Å². The Morgan fingerprint density at radius 3 is 2.43 bits per heavy atom. The summed E-state index contributed by atoms with van der Waals surface area (Å²) in [6.07, 6.45) is 6.48. The van der Waals surface area contributed by atoms with Crippen molar-refractivity contribution in [3.05, 3.63) is 23.3 Å². The van der Waals surface area contributed by atoms with Crippen molar-refractivity contribution in [2.75, 3.05) is 0 Å². The van der Waals surface area contributed by atoms with Crippen molar-refractivity contribution in [3.8, 4) is 11.8 Å².